The third-order valence-electron chi connectivity index (χ3n) is 2.02. The molecule has 0 atom stereocenters. The van der Waals surface area contributed by atoms with Gasteiger partial charge in [-0.2, -0.15) is 11.8 Å². The van der Waals surface area contributed by atoms with Crippen LogP contribution in [0.5, 0.6) is 0 Å². The van der Waals surface area contributed by atoms with E-state index >= 15 is 0 Å². The number of hydrogen-bond acceptors (Lipinski definition) is 3. The smallest absolute Gasteiger partial charge is 0.338 e. The lowest BCUT2D eigenvalue weighted by atomic mass is 10.2. The lowest BCUT2D eigenvalue weighted by Gasteiger charge is -2.05. The molecular weight excluding hydrogens is 245 g/mol. The molecule has 0 aliphatic rings. The van der Waals surface area contributed by atoms with Crippen LogP contribution in [0.2, 0.25) is 0 Å². The van der Waals surface area contributed by atoms with Crippen LogP contribution in [0.4, 0.5) is 10.1 Å². The molecule has 0 spiro atoms. The van der Waals surface area contributed by atoms with Gasteiger partial charge in [0.2, 0.25) is 5.91 Å². The highest BCUT2D eigenvalue weighted by atomic mass is 32.2. The van der Waals surface area contributed by atoms with Crippen LogP contribution in [0.1, 0.15) is 16.8 Å². The molecule has 1 amide bonds. The first kappa shape index (κ1) is 13.5. The third kappa shape index (κ3) is 4.07. The topological polar surface area (TPSA) is 66.4 Å². The highest BCUT2D eigenvalue weighted by Gasteiger charge is 2.11. The van der Waals surface area contributed by atoms with Crippen LogP contribution in [0.25, 0.3) is 0 Å². The van der Waals surface area contributed by atoms with E-state index in [2.05, 4.69) is 5.32 Å². The number of aromatic carboxylic acids is 1. The average molecular weight is 257 g/mol. The van der Waals surface area contributed by atoms with E-state index in [0.717, 1.165) is 12.1 Å². The highest BCUT2D eigenvalue weighted by molar-refractivity contribution is 7.98. The number of carbonyl (C=O) groups is 2. The summed E-state index contributed by atoms with van der Waals surface area (Å²) in [6, 6.07) is 3.49. The molecule has 0 unspecified atom stereocenters. The Morgan fingerprint density at radius 3 is 2.71 bits per heavy atom. The molecule has 1 aromatic carbocycles. The molecule has 0 bridgehead atoms. The molecule has 0 saturated carbocycles. The summed E-state index contributed by atoms with van der Waals surface area (Å²) in [5.41, 5.74) is -0.147. The summed E-state index contributed by atoms with van der Waals surface area (Å²) in [4.78, 5) is 21.9. The van der Waals surface area contributed by atoms with E-state index in [4.69, 9.17) is 5.11 Å². The summed E-state index contributed by atoms with van der Waals surface area (Å²) >= 11 is 1.54. The van der Waals surface area contributed by atoms with Crippen LogP contribution < -0.4 is 5.32 Å². The Morgan fingerprint density at radius 1 is 1.47 bits per heavy atom. The molecule has 0 aromatic heterocycles. The molecule has 2 N–H and O–H groups in total. The van der Waals surface area contributed by atoms with Crippen molar-refractivity contribution in [1.82, 2.24) is 0 Å². The third-order valence-corrected chi connectivity index (χ3v) is 2.63. The van der Waals surface area contributed by atoms with Gasteiger partial charge in [0, 0.05) is 17.9 Å². The maximum atomic E-state index is 13.3. The zero-order valence-electron chi connectivity index (χ0n) is 9.20. The molecule has 0 saturated heterocycles. The lowest BCUT2D eigenvalue weighted by Crippen LogP contribution is -2.12. The minimum Gasteiger partial charge on any atom is -0.478 e. The highest BCUT2D eigenvalue weighted by Crippen LogP contribution is 2.15. The van der Waals surface area contributed by atoms with Gasteiger partial charge in [-0.05, 0) is 24.5 Å². The standard InChI is InChI=1S/C11H12FNO3S/c1-17-5-4-10(14)13-7-2-3-8(11(15)16)9(12)6-7/h2-3,6H,4-5H2,1H3,(H,13,14)(H,15,16). The second kappa shape index (κ2) is 6.24. The Balaban J connectivity index is 2.70. The van der Waals surface area contributed by atoms with Crippen molar-refractivity contribution in [3.63, 3.8) is 0 Å². The van der Waals surface area contributed by atoms with Gasteiger partial charge in [0.25, 0.3) is 0 Å². The maximum Gasteiger partial charge on any atom is 0.338 e. The van der Waals surface area contributed by atoms with Crippen molar-refractivity contribution >= 4 is 29.3 Å². The Bertz CT molecular complexity index is 437. The van der Waals surface area contributed by atoms with Crippen molar-refractivity contribution < 1.29 is 19.1 Å². The molecule has 6 heteroatoms. The van der Waals surface area contributed by atoms with Gasteiger partial charge < -0.3 is 10.4 Å². The lowest BCUT2D eigenvalue weighted by molar-refractivity contribution is -0.115. The van der Waals surface area contributed by atoms with Crippen molar-refractivity contribution in [1.29, 1.82) is 0 Å². The molecule has 92 valence electrons. The number of carboxylic acids is 1. The second-order valence-corrected chi connectivity index (χ2v) is 4.28. The molecule has 0 heterocycles. The van der Waals surface area contributed by atoms with E-state index in [9.17, 15) is 14.0 Å². The minimum atomic E-state index is -1.33. The van der Waals surface area contributed by atoms with Gasteiger partial charge in [-0.25, -0.2) is 9.18 Å². The molecule has 17 heavy (non-hydrogen) atoms. The van der Waals surface area contributed by atoms with Crippen LogP contribution in [-0.2, 0) is 4.79 Å². The van der Waals surface area contributed by atoms with Crippen LogP contribution in [-0.4, -0.2) is 29.0 Å². The molecule has 1 aromatic rings. The van der Waals surface area contributed by atoms with Crippen LogP contribution in [0.15, 0.2) is 18.2 Å². The number of anilines is 1. The van der Waals surface area contributed by atoms with Crippen molar-refractivity contribution in [3.05, 3.63) is 29.6 Å². The molecule has 4 nitrogen and oxygen atoms in total. The van der Waals surface area contributed by atoms with Crippen LogP contribution in [0.3, 0.4) is 0 Å². The van der Waals surface area contributed by atoms with Crippen LogP contribution in [0, 0.1) is 5.82 Å². The van der Waals surface area contributed by atoms with Gasteiger partial charge in [0.05, 0.1) is 5.56 Å². The zero-order chi connectivity index (χ0) is 12.8. The Kier molecular flexibility index (Phi) is 4.96. The quantitative estimate of drug-likeness (QED) is 0.848. The number of halogens is 1. The second-order valence-electron chi connectivity index (χ2n) is 3.29. The van der Waals surface area contributed by atoms with Gasteiger partial charge in [-0.3, -0.25) is 4.79 Å². The number of amides is 1. The number of carbonyl (C=O) groups excluding carboxylic acids is 1. The van der Waals surface area contributed by atoms with Gasteiger partial charge in [-0.15, -0.1) is 0 Å². The monoisotopic (exact) mass is 257 g/mol. The van der Waals surface area contributed by atoms with Gasteiger partial charge in [0.15, 0.2) is 0 Å². The van der Waals surface area contributed by atoms with E-state index < -0.39 is 17.3 Å². The molecule has 0 fully saturated rings. The van der Waals surface area contributed by atoms with Gasteiger partial charge in [-0.1, -0.05) is 0 Å². The summed E-state index contributed by atoms with van der Waals surface area (Å²) in [7, 11) is 0. The van der Waals surface area contributed by atoms with Crippen LogP contribution >= 0.6 is 11.8 Å². The number of carboxylic acid groups (broad SMARTS) is 1. The van der Waals surface area contributed by atoms with Crippen molar-refractivity contribution in [2.75, 3.05) is 17.3 Å². The first-order valence-electron chi connectivity index (χ1n) is 4.86. The average Bonchev–Trinajstić information content (AvgIpc) is 2.26. The van der Waals surface area contributed by atoms with E-state index in [1.807, 2.05) is 6.26 Å². The number of rotatable bonds is 5. The fourth-order valence-electron chi connectivity index (χ4n) is 1.18. The number of thioether (sulfide) groups is 1. The predicted octanol–water partition coefficient (Wildman–Crippen LogP) is 2.22. The SMILES string of the molecule is CSCCC(=O)Nc1ccc(C(=O)O)c(F)c1. The van der Waals surface area contributed by atoms with Crippen molar-refractivity contribution in [2.24, 2.45) is 0 Å². The summed E-state index contributed by atoms with van der Waals surface area (Å²) in [6.45, 7) is 0. The number of benzene rings is 1. The molecule has 0 aliphatic carbocycles. The van der Waals surface area contributed by atoms with E-state index in [0.29, 0.717) is 12.2 Å². The van der Waals surface area contributed by atoms with Gasteiger partial charge >= 0.3 is 5.97 Å². The Morgan fingerprint density at radius 2 is 2.18 bits per heavy atom. The van der Waals surface area contributed by atoms with E-state index in [1.165, 1.54) is 17.8 Å². The fraction of sp³-hybridized carbons (Fsp3) is 0.273. The van der Waals surface area contributed by atoms with Gasteiger partial charge in [0.1, 0.15) is 5.82 Å². The molecular formula is C11H12FNO3S. The summed E-state index contributed by atoms with van der Waals surface area (Å²) in [5, 5.41) is 11.1. The maximum absolute atomic E-state index is 13.3. The molecule has 0 aliphatic heterocycles. The first-order chi connectivity index (χ1) is 8.04. The molecule has 0 radical (unpaired) electrons. The van der Waals surface area contributed by atoms with Crippen molar-refractivity contribution in [3.8, 4) is 0 Å². The molecule has 1 rings (SSSR count). The number of hydrogen-bond donors (Lipinski definition) is 2. The minimum absolute atomic E-state index is 0.221. The zero-order valence-corrected chi connectivity index (χ0v) is 10.0. The number of nitrogens with one attached hydrogen (secondary N) is 1. The van der Waals surface area contributed by atoms with E-state index in [1.54, 1.807) is 0 Å². The Labute approximate surface area is 102 Å². The first-order valence-corrected chi connectivity index (χ1v) is 6.25. The predicted molar refractivity (Wildman–Crippen MR) is 65.0 cm³/mol. The summed E-state index contributed by atoms with van der Waals surface area (Å²) < 4.78 is 13.3. The summed E-state index contributed by atoms with van der Waals surface area (Å²) in [6.07, 6.45) is 2.22. The largest absolute Gasteiger partial charge is 0.478 e. The van der Waals surface area contributed by atoms with E-state index in [-0.39, 0.29) is 11.6 Å². The normalized spacial score (nSPS) is 10.0. The van der Waals surface area contributed by atoms with Crippen molar-refractivity contribution in [2.45, 2.75) is 6.42 Å². The Hall–Kier alpha value is -1.56. The summed E-state index contributed by atoms with van der Waals surface area (Å²) in [5.74, 6) is -1.73. The fourth-order valence-corrected chi connectivity index (χ4v) is 1.57.